The summed E-state index contributed by atoms with van der Waals surface area (Å²) in [5.41, 5.74) is 0.667. The summed E-state index contributed by atoms with van der Waals surface area (Å²) in [5.74, 6) is 0.507. The summed E-state index contributed by atoms with van der Waals surface area (Å²) in [6.45, 7) is 4.22. The smallest absolute Gasteiger partial charge is 0.339 e. The predicted molar refractivity (Wildman–Crippen MR) is 114 cm³/mol. The Morgan fingerprint density at radius 3 is 2.53 bits per heavy atom. The molecule has 2 heterocycles. The lowest BCUT2D eigenvalue weighted by Crippen LogP contribution is -2.14. The highest BCUT2D eigenvalue weighted by atomic mass is 32.1. The summed E-state index contributed by atoms with van der Waals surface area (Å²) in [4.78, 5) is 29.4. The van der Waals surface area contributed by atoms with Gasteiger partial charge in [0.2, 0.25) is 0 Å². The first-order chi connectivity index (χ1) is 14.4. The van der Waals surface area contributed by atoms with Crippen LogP contribution >= 0.6 is 11.3 Å². The third-order valence-corrected chi connectivity index (χ3v) is 4.75. The SMILES string of the molecule is COC(=O)c1ccc(NC(=O)c2cc(OCc3cccs3)cc(OC(C)C)c2)nc1. The lowest BCUT2D eigenvalue weighted by molar-refractivity contribution is 0.0600. The van der Waals surface area contributed by atoms with E-state index in [0.717, 1.165) is 4.88 Å². The van der Waals surface area contributed by atoms with E-state index >= 15 is 0 Å². The number of methoxy groups -OCH3 is 1. The number of ether oxygens (including phenoxy) is 3. The molecule has 1 N–H and O–H groups in total. The Morgan fingerprint density at radius 1 is 1.10 bits per heavy atom. The lowest BCUT2D eigenvalue weighted by atomic mass is 10.2. The highest BCUT2D eigenvalue weighted by Gasteiger charge is 2.13. The second kappa shape index (κ2) is 9.89. The van der Waals surface area contributed by atoms with Gasteiger partial charge in [-0.05, 0) is 49.6 Å². The van der Waals surface area contributed by atoms with Crippen LogP contribution in [0.5, 0.6) is 11.5 Å². The number of hydrogen-bond donors (Lipinski definition) is 1. The second-order valence-corrected chi connectivity index (χ2v) is 7.64. The molecular weight excluding hydrogens is 404 g/mol. The van der Waals surface area contributed by atoms with E-state index < -0.39 is 5.97 Å². The van der Waals surface area contributed by atoms with Crippen LogP contribution in [0, 0.1) is 0 Å². The van der Waals surface area contributed by atoms with Crippen LogP contribution in [0.3, 0.4) is 0 Å². The predicted octanol–water partition coefficient (Wildman–Crippen LogP) is 4.55. The normalized spacial score (nSPS) is 10.5. The van der Waals surface area contributed by atoms with Gasteiger partial charge in [-0.15, -0.1) is 11.3 Å². The van der Waals surface area contributed by atoms with Gasteiger partial charge in [0.15, 0.2) is 0 Å². The van der Waals surface area contributed by atoms with Crippen molar-refractivity contribution in [1.82, 2.24) is 4.98 Å². The third kappa shape index (κ3) is 5.81. The van der Waals surface area contributed by atoms with Gasteiger partial charge in [-0.1, -0.05) is 6.07 Å². The number of thiophene rings is 1. The number of amides is 1. The lowest BCUT2D eigenvalue weighted by Gasteiger charge is -2.14. The molecule has 8 heteroatoms. The number of aromatic nitrogens is 1. The van der Waals surface area contributed by atoms with Gasteiger partial charge in [-0.2, -0.15) is 0 Å². The van der Waals surface area contributed by atoms with Crippen molar-refractivity contribution in [3.8, 4) is 11.5 Å². The topological polar surface area (TPSA) is 86.8 Å². The van der Waals surface area contributed by atoms with Crippen LogP contribution in [0.2, 0.25) is 0 Å². The van der Waals surface area contributed by atoms with Gasteiger partial charge >= 0.3 is 5.97 Å². The Bertz CT molecular complexity index is 1000. The molecule has 2 aromatic heterocycles. The molecule has 0 fully saturated rings. The average molecular weight is 426 g/mol. The number of pyridine rings is 1. The summed E-state index contributed by atoms with van der Waals surface area (Å²) >= 11 is 1.60. The molecule has 0 unspecified atom stereocenters. The molecule has 0 spiro atoms. The first-order valence-electron chi connectivity index (χ1n) is 9.27. The van der Waals surface area contributed by atoms with E-state index in [1.807, 2.05) is 31.4 Å². The molecule has 7 nitrogen and oxygen atoms in total. The van der Waals surface area contributed by atoms with Crippen LogP contribution in [0.25, 0.3) is 0 Å². The minimum atomic E-state index is -0.494. The number of carbonyl (C=O) groups excluding carboxylic acids is 2. The van der Waals surface area contributed by atoms with E-state index in [9.17, 15) is 9.59 Å². The molecule has 3 rings (SSSR count). The van der Waals surface area contributed by atoms with E-state index in [1.54, 1.807) is 29.5 Å². The van der Waals surface area contributed by atoms with Gasteiger partial charge in [-0.3, -0.25) is 4.79 Å². The van der Waals surface area contributed by atoms with Crippen molar-refractivity contribution in [3.05, 3.63) is 70.0 Å². The van der Waals surface area contributed by atoms with Gasteiger partial charge in [-0.25, -0.2) is 9.78 Å². The molecule has 1 amide bonds. The second-order valence-electron chi connectivity index (χ2n) is 6.61. The van der Waals surface area contributed by atoms with Crippen molar-refractivity contribution in [1.29, 1.82) is 0 Å². The van der Waals surface area contributed by atoms with Crippen LogP contribution in [0.4, 0.5) is 5.82 Å². The van der Waals surface area contributed by atoms with E-state index in [1.165, 1.54) is 25.4 Å². The quantitative estimate of drug-likeness (QED) is 0.532. The summed E-state index contributed by atoms with van der Waals surface area (Å²) in [7, 11) is 1.29. The van der Waals surface area contributed by atoms with Gasteiger partial charge in [0.1, 0.15) is 23.9 Å². The molecular formula is C22H22N2O5S. The number of anilines is 1. The zero-order chi connectivity index (χ0) is 21.5. The van der Waals surface area contributed by atoms with Crippen molar-refractivity contribution in [2.75, 3.05) is 12.4 Å². The minimum absolute atomic E-state index is 0.0546. The number of nitrogens with one attached hydrogen (secondary N) is 1. The summed E-state index contributed by atoms with van der Waals surface area (Å²) in [5, 5.41) is 4.69. The van der Waals surface area contributed by atoms with Crippen molar-refractivity contribution >= 4 is 29.0 Å². The van der Waals surface area contributed by atoms with E-state index in [-0.39, 0.29) is 12.0 Å². The van der Waals surface area contributed by atoms with E-state index in [2.05, 4.69) is 15.0 Å². The standard InChI is InChI=1S/C22H22N2O5S/c1-14(2)29-18-10-16(9-17(11-18)28-13-19-5-4-8-30-19)21(25)24-20-7-6-15(12-23-20)22(26)27-3/h4-12,14H,13H2,1-3H3,(H,23,24,25). The summed E-state index contributed by atoms with van der Waals surface area (Å²) in [6, 6.07) is 12.1. The van der Waals surface area contributed by atoms with E-state index in [4.69, 9.17) is 9.47 Å². The van der Waals surface area contributed by atoms with Crippen LogP contribution in [0.1, 0.15) is 39.4 Å². The molecule has 1 aromatic carbocycles. The Morgan fingerprint density at radius 2 is 1.90 bits per heavy atom. The Labute approximate surface area is 178 Å². The number of carbonyl (C=O) groups is 2. The molecule has 0 radical (unpaired) electrons. The first kappa shape index (κ1) is 21.3. The number of hydrogen-bond acceptors (Lipinski definition) is 7. The van der Waals surface area contributed by atoms with Crippen molar-refractivity contribution in [2.24, 2.45) is 0 Å². The monoisotopic (exact) mass is 426 g/mol. The van der Waals surface area contributed by atoms with Gasteiger partial charge < -0.3 is 19.5 Å². The maximum atomic E-state index is 12.8. The highest BCUT2D eigenvalue weighted by molar-refractivity contribution is 7.09. The maximum Gasteiger partial charge on any atom is 0.339 e. The third-order valence-electron chi connectivity index (χ3n) is 3.90. The van der Waals surface area contributed by atoms with Crippen LogP contribution in [-0.4, -0.2) is 30.1 Å². The first-order valence-corrected chi connectivity index (χ1v) is 10.1. The fourth-order valence-corrected chi connectivity index (χ4v) is 3.19. The fourth-order valence-electron chi connectivity index (χ4n) is 2.57. The van der Waals surface area contributed by atoms with Crippen molar-refractivity contribution < 1.29 is 23.8 Å². The Kier molecular flexibility index (Phi) is 7.03. The van der Waals surface area contributed by atoms with Crippen LogP contribution in [0.15, 0.2) is 54.0 Å². The molecule has 156 valence electrons. The molecule has 0 aliphatic heterocycles. The number of esters is 1. The zero-order valence-corrected chi connectivity index (χ0v) is 17.7. The minimum Gasteiger partial charge on any atom is -0.491 e. The summed E-state index contributed by atoms with van der Waals surface area (Å²) in [6.07, 6.45) is 1.29. The molecule has 30 heavy (non-hydrogen) atoms. The van der Waals surface area contributed by atoms with Crippen LogP contribution in [-0.2, 0) is 11.3 Å². The van der Waals surface area contributed by atoms with Gasteiger partial charge in [0, 0.05) is 22.7 Å². The fraction of sp³-hybridized carbons (Fsp3) is 0.227. The summed E-state index contributed by atoms with van der Waals surface area (Å²) < 4.78 is 16.3. The molecule has 0 saturated carbocycles. The van der Waals surface area contributed by atoms with Crippen molar-refractivity contribution in [2.45, 2.75) is 26.6 Å². The molecule has 0 aliphatic carbocycles. The molecule has 3 aromatic rings. The van der Waals surface area contributed by atoms with Gasteiger partial charge in [0.05, 0.1) is 18.8 Å². The van der Waals surface area contributed by atoms with E-state index in [0.29, 0.717) is 35.1 Å². The number of benzene rings is 1. The van der Waals surface area contributed by atoms with Gasteiger partial charge in [0.25, 0.3) is 5.91 Å². The molecule has 0 saturated heterocycles. The zero-order valence-electron chi connectivity index (χ0n) is 16.9. The number of nitrogens with zero attached hydrogens (tertiary/aromatic N) is 1. The molecule has 0 bridgehead atoms. The van der Waals surface area contributed by atoms with Crippen molar-refractivity contribution in [3.63, 3.8) is 0 Å². The maximum absolute atomic E-state index is 12.8. The molecule has 0 aliphatic rings. The largest absolute Gasteiger partial charge is 0.491 e. The Hall–Kier alpha value is -3.39. The average Bonchev–Trinajstić information content (AvgIpc) is 3.25. The van der Waals surface area contributed by atoms with Crippen LogP contribution < -0.4 is 14.8 Å². The Balaban J connectivity index is 1.77. The highest BCUT2D eigenvalue weighted by Crippen LogP contribution is 2.26. The number of rotatable bonds is 8. The molecule has 0 atom stereocenters.